The molecule has 18 heavy (non-hydrogen) atoms. The first-order chi connectivity index (χ1) is 8.40. The topological polar surface area (TPSA) is 87.7 Å². The maximum atomic E-state index is 12.2. The highest BCUT2D eigenvalue weighted by molar-refractivity contribution is 7.92. The maximum absolute atomic E-state index is 12.2. The number of nitrogens with zero attached hydrogens (tertiary/aromatic N) is 2. The summed E-state index contributed by atoms with van der Waals surface area (Å²) in [6.45, 7) is 5.12. The Kier molecular flexibility index (Phi) is 3.08. The number of aromatic amines is 1. The van der Waals surface area contributed by atoms with Gasteiger partial charge in [0, 0.05) is 11.9 Å². The van der Waals surface area contributed by atoms with Crippen LogP contribution in [0.4, 0.5) is 5.69 Å². The molecule has 96 valence electrons. The van der Waals surface area contributed by atoms with Crippen molar-refractivity contribution in [1.82, 2.24) is 15.2 Å². The average Bonchev–Trinajstić information content (AvgIpc) is 2.58. The Balaban J connectivity index is 2.39. The first-order valence-corrected chi connectivity index (χ1v) is 6.85. The van der Waals surface area contributed by atoms with E-state index in [4.69, 9.17) is 0 Å². The summed E-state index contributed by atoms with van der Waals surface area (Å²) in [5.74, 6) is 0. The maximum Gasteiger partial charge on any atom is 0.265 e. The van der Waals surface area contributed by atoms with E-state index < -0.39 is 10.0 Å². The van der Waals surface area contributed by atoms with Gasteiger partial charge in [0.15, 0.2) is 0 Å². The second kappa shape index (κ2) is 4.41. The molecule has 0 radical (unpaired) electrons. The van der Waals surface area contributed by atoms with Gasteiger partial charge in [0.25, 0.3) is 10.0 Å². The number of aromatic nitrogens is 3. The van der Waals surface area contributed by atoms with E-state index >= 15 is 0 Å². The summed E-state index contributed by atoms with van der Waals surface area (Å²) in [6.07, 6.45) is 1.56. The molecule has 0 fully saturated rings. The molecule has 0 bridgehead atoms. The Morgan fingerprint density at radius 3 is 2.56 bits per heavy atom. The van der Waals surface area contributed by atoms with Crippen LogP contribution >= 0.6 is 0 Å². The molecule has 6 nitrogen and oxygen atoms in total. The molecule has 0 aromatic carbocycles. The summed E-state index contributed by atoms with van der Waals surface area (Å²) in [5.41, 5.74) is 2.20. The van der Waals surface area contributed by atoms with Gasteiger partial charge in [-0.1, -0.05) is 0 Å². The van der Waals surface area contributed by atoms with Crippen LogP contribution < -0.4 is 4.72 Å². The number of pyridine rings is 1. The number of nitrogens with one attached hydrogen (secondary N) is 2. The summed E-state index contributed by atoms with van der Waals surface area (Å²) in [4.78, 5) is 4.21. The van der Waals surface area contributed by atoms with E-state index in [9.17, 15) is 8.42 Å². The Hall–Kier alpha value is -1.89. The highest BCUT2D eigenvalue weighted by atomic mass is 32.2. The van der Waals surface area contributed by atoms with Crippen molar-refractivity contribution in [3.8, 4) is 0 Å². The van der Waals surface area contributed by atoms with E-state index in [1.807, 2.05) is 0 Å². The lowest BCUT2D eigenvalue weighted by molar-refractivity contribution is 0.600. The molecule has 0 aliphatic heterocycles. The monoisotopic (exact) mass is 266 g/mol. The molecule has 0 spiro atoms. The molecule has 0 unspecified atom stereocenters. The fraction of sp³-hybridized carbons (Fsp3) is 0.273. The minimum absolute atomic E-state index is 0.192. The van der Waals surface area contributed by atoms with Crippen molar-refractivity contribution >= 4 is 15.7 Å². The van der Waals surface area contributed by atoms with Crippen molar-refractivity contribution in [2.24, 2.45) is 0 Å². The smallest absolute Gasteiger partial charge is 0.265 e. The number of rotatable bonds is 3. The van der Waals surface area contributed by atoms with Crippen LogP contribution in [0, 0.1) is 20.8 Å². The van der Waals surface area contributed by atoms with Crippen LogP contribution in [0.25, 0.3) is 0 Å². The standard InChI is InChI=1S/C11H14N4O2S/c1-7-6-10(4-5-12-7)15-18(16,17)11-8(2)13-14-9(11)3/h4-6H,1-3H3,(H,12,15)(H,13,14). The molecule has 0 amide bonds. The fourth-order valence-corrected chi connectivity index (χ4v) is 3.17. The highest BCUT2D eigenvalue weighted by Crippen LogP contribution is 2.20. The number of aryl methyl sites for hydroxylation is 3. The lowest BCUT2D eigenvalue weighted by atomic mass is 10.3. The van der Waals surface area contributed by atoms with Gasteiger partial charge in [0.05, 0.1) is 17.1 Å². The molecule has 2 aromatic rings. The van der Waals surface area contributed by atoms with E-state index in [-0.39, 0.29) is 4.90 Å². The average molecular weight is 266 g/mol. The van der Waals surface area contributed by atoms with E-state index in [1.54, 1.807) is 39.1 Å². The summed E-state index contributed by atoms with van der Waals surface area (Å²) < 4.78 is 27.0. The van der Waals surface area contributed by atoms with Crippen LogP contribution in [0.1, 0.15) is 17.1 Å². The number of sulfonamides is 1. The predicted octanol–water partition coefficient (Wildman–Crippen LogP) is 1.53. The zero-order valence-corrected chi connectivity index (χ0v) is 11.2. The predicted molar refractivity (Wildman–Crippen MR) is 67.8 cm³/mol. The van der Waals surface area contributed by atoms with Crippen molar-refractivity contribution in [2.75, 3.05) is 4.72 Å². The Morgan fingerprint density at radius 1 is 1.28 bits per heavy atom. The van der Waals surface area contributed by atoms with Crippen molar-refractivity contribution in [3.05, 3.63) is 35.4 Å². The summed E-state index contributed by atoms with van der Waals surface area (Å²) in [7, 11) is -3.62. The van der Waals surface area contributed by atoms with E-state index in [1.165, 1.54) is 0 Å². The molecule has 2 rings (SSSR count). The molecule has 7 heteroatoms. The Bertz CT molecular complexity index is 657. The minimum Gasteiger partial charge on any atom is -0.281 e. The molecule has 0 atom stereocenters. The van der Waals surface area contributed by atoms with Crippen LogP contribution in [0.15, 0.2) is 23.2 Å². The number of anilines is 1. The van der Waals surface area contributed by atoms with Gasteiger partial charge in [-0.15, -0.1) is 0 Å². The quantitative estimate of drug-likeness (QED) is 0.881. The fourth-order valence-electron chi connectivity index (χ4n) is 1.75. The third kappa shape index (κ3) is 2.35. The molecular formula is C11H14N4O2S. The second-order valence-corrected chi connectivity index (χ2v) is 5.67. The van der Waals surface area contributed by atoms with Gasteiger partial charge in [0.2, 0.25) is 0 Å². The first kappa shape index (κ1) is 12.6. The van der Waals surface area contributed by atoms with Crippen molar-refractivity contribution in [2.45, 2.75) is 25.7 Å². The summed E-state index contributed by atoms with van der Waals surface area (Å²) >= 11 is 0. The molecular weight excluding hydrogens is 252 g/mol. The van der Waals surface area contributed by atoms with Crippen LogP contribution in [-0.2, 0) is 10.0 Å². The number of hydrogen-bond donors (Lipinski definition) is 2. The molecule has 0 saturated heterocycles. The normalized spacial score (nSPS) is 11.5. The zero-order valence-electron chi connectivity index (χ0n) is 10.4. The van der Waals surface area contributed by atoms with Gasteiger partial charge >= 0.3 is 0 Å². The Morgan fingerprint density at radius 2 is 2.00 bits per heavy atom. The molecule has 0 saturated carbocycles. The van der Waals surface area contributed by atoms with Gasteiger partial charge in [-0.2, -0.15) is 5.10 Å². The lowest BCUT2D eigenvalue weighted by Gasteiger charge is -2.08. The number of H-pyrrole nitrogens is 1. The summed E-state index contributed by atoms with van der Waals surface area (Å²) in [6, 6.07) is 3.28. The van der Waals surface area contributed by atoms with E-state index in [2.05, 4.69) is 19.9 Å². The van der Waals surface area contributed by atoms with E-state index in [0.29, 0.717) is 17.1 Å². The van der Waals surface area contributed by atoms with E-state index in [0.717, 1.165) is 5.69 Å². The van der Waals surface area contributed by atoms with Crippen LogP contribution in [0.3, 0.4) is 0 Å². The van der Waals surface area contributed by atoms with Crippen molar-refractivity contribution in [3.63, 3.8) is 0 Å². The minimum atomic E-state index is -3.62. The van der Waals surface area contributed by atoms with Gasteiger partial charge in [-0.3, -0.25) is 14.8 Å². The van der Waals surface area contributed by atoms with Crippen LogP contribution in [0.2, 0.25) is 0 Å². The summed E-state index contributed by atoms with van der Waals surface area (Å²) in [5, 5.41) is 6.54. The third-order valence-electron chi connectivity index (χ3n) is 2.48. The largest absolute Gasteiger partial charge is 0.281 e. The molecule has 2 aromatic heterocycles. The van der Waals surface area contributed by atoms with Gasteiger partial charge < -0.3 is 0 Å². The van der Waals surface area contributed by atoms with Gasteiger partial charge in [-0.05, 0) is 32.9 Å². The molecule has 2 N–H and O–H groups in total. The molecule has 0 aliphatic carbocycles. The van der Waals surface area contributed by atoms with Gasteiger partial charge in [-0.25, -0.2) is 8.42 Å². The molecule has 0 aliphatic rings. The second-order valence-electron chi connectivity index (χ2n) is 4.05. The first-order valence-electron chi connectivity index (χ1n) is 5.37. The van der Waals surface area contributed by atoms with Crippen molar-refractivity contribution < 1.29 is 8.42 Å². The number of hydrogen-bond acceptors (Lipinski definition) is 4. The molecule has 2 heterocycles. The van der Waals surface area contributed by atoms with Gasteiger partial charge in [0.1, 0.15) is 4.90 Å². The highest BCUT2D eigenvalue weighted by Gasteiger charge is 2.22. The van der Waals surface area contributed by atoms with Crippen LogP contribution in [-0.4, -0.2) is 23.6 Å². The third-order valence-corrected chi connectivity index (χ3v) is 4.12. The lowest BCUT2D eigenvalue weighted by Crippen LogP contribution is -2.14. The zero-order chi connectivity index (χ0) is 13.3. The Labute approximate surface area is 106 Å². The SMILES string of the molecule is Cc1cc(NS(=O)(=O)c2c(C)n[nH]c2C)ccn1. The van der Waals surface area contributed by atoms with Crippen LogP contribution in [0.5, 0.6) is 0 Å². The van der Waals surface area contributed by atoms with Crippen molar-refractivity contribution in [1.29, 1.82) is 0 Å².